The van der Waals surface area contributed by atoms with Crippen LogP contribution in [0.15, 0.2) is 24.3 Å². The molecular weight excluding hydrogens is 386 g/mol. The second kappa shape index (κ2) is 9.77. The zero-order valence-corrected chi connectivity index (χ0v) is 17.2. The van der Waals surface area contributed by atoms with Crippen molar-refractivity contribution < 1.29 is 32.2 Å². The molecule has 0 bridgehead atoms. The Morgan fingerprint density at radius 2 is 1.82 bits per heavy atom. The minimum absolute atomic E-state index is 0.0440. The molecule has 2 rings (SSSR count). The Kier molecular flexibility index (Phi) is 7.68. The molecule has 1 aliphatic heterocycles. The lowest BCUT2D eigenvalue weighted by Crippen LogP contribution is -2.48. The van der Waals surface area contributed by atoms with E-state index < -0.39 is 28.3 Å². The summed E-state index contributed by atoms with van der Waals surface area (Å²) in [6.45, 7) is 3.01. The molecule has 0 N–H and O–H groups in total. The van der Waals surface area contributed by atoms with Crippen LogP contribution in [-0.4, -0.2) is 69.1 Å². The molecule has 1 aliphatic rings. The van der Waals surface area contributed by atoms with E-state index in [9.17, 15) is 18.0 Å². The fourth-order valence-electron chi connectivity index (χ4n) is 3.07. The van der Waals surface area contributed by atoms with Gasteiger partial charge in [-0.2, -0.15) is 0 Å². The number of ether oxygens (including phenoxy) is 3. The Labute approximate surface area is 165 Å². The summed E-state index contributed by atoms with van der Waals surface area (Å²) in [5, 5.41) is 0. The Bertz CT molecular complexity index is 776. The van der Waals surface area contributed by atoms with E-state index in [4.69, 9.17) is 14.2 Å². The van der Waals surface area contributed by atoms with Crippen LogP contribution in [0.3, 0.4) is 0 Å². The molecule has 0 saturated carbocycles. The van der Waals surface area contributed by atoms with Crippen molar-refractivity contribution in [3.63, 3.8) is 0 Å². The summed E-state index contributed by atoms with van der Waals surface area (Å²) < 4.78 is 38.9. The molecule has 1 heterocycles. The molecule has 1 fully saturated rings. The Morgan fingerprint density at radius 3 is 2.36 bits per heavy atom. The van der Waals surface area contributed by atoms with Gasteiger partial charge < -0.3 is 19.1 Å². The summed E-state index contributed by atoms with van der Waals surface area (Å²) >= 11 is 0. The molecule has 1 saturated heterocycles. The van der Waals surface area contributed by atoms with Crippen molar-refractivity contribution in [3.8, 4) is 11.5 Å². The van der Waals surface area contributed by atoms with Gasteiger partial charge in [0.25, 0.3) is 5.91 Å². The minimum Gasteiger partial charge on any atom is -0.497 e. The fraction of sp³-hybridized carbons (Fsp3) is 0.579. The Balaban J connectivity index is 1.86. The van der Waals surface area contributed by atoms with Crippen LogP contribution in [0.1, 0.15) is 26.7 Å². The van der Waals surface area contributed by atoms with Crippen molar-refractivity contribution >= 4 is 21.7 Å². The van der Waals surface area contributed by atoms with Gasteiger partial charge in [-0.15, -0.1) is 0 Å². The first-order chi connectivity index (χ1) is 13.3. The fourth-order valence-corrected chi connectivity index (χ4v) is 4.78. The second-order valence-electron chi connectivity index (χ2n) is 6.74. The highest BCUT2D eigenvalue weighted by Gasteiger charge is 2.36. The minimum atomic E-state index is -3.12. The van der Waals surface area contributed by atoms with Crippen molar-refractivity contribution in [1.29, 1.82) is 0 Å². The quantitative estimate of drug-likeness (QED) is 0.565. The number of hydrogen-bond donors (Lipinski definition) is 0. The highest BCUT2D eigenvalue weighted by Crippen LogP contribution is 2.21. The van der Waals surface area contributed by atoms with Gasteiger partial charge in [0.1, 0.15) is 11.5 Å². The molecule has 1 amide bonds. The Hall–Kier alpha value is -2.29. The van der Waals surface area contributed by atoms with Crippen LogP contribution in [-0.2, 0) is 24.2 Å². The van der Waals surface area contributed by atoms with E-state index in [0.717, 1.165) is 0 Å². The monoisotopic (exact) mass is 413 g/mol. The largest absolute Gasteiger partial charge is 0.497 e. The van der Waals surface area contributed by atoms with E-state index in [2.05, 4.69) is 0 Å². The van der Waals surface area contributed by atoms with E-state index in [0.29, 0.717) is 24.3 Å². The molecule has 0 radical (unpaired) electrons. The average molecular weight is 413 g/mol. The number of carbonyl (C=O) groups excluding carboxylic acids is 2. The first-order valence-electron chi connectivity index (χ1n) is 9.19. The molecule has 1 aromatic carbocycles. The topological polar surface area (TPSA) is 99.2 Å². The first kappa shape index (κ1) is 22.0. The number of hydrogen-bond acceptors (Lipinski definition) is 7. The summed E-state index contributed by atoms with van der Waals surface area (Å²) in [7, 11) is -1.57. The van der Waals surface area contributed by atoms with Crippen LogP contribution in [0, 0.1) is 0 Å². The summed E-state index contributed by atoms with van der Waals surface area (Å²) in [5.74, 6) is 0.105. The number of carbonyl (C=O) groups is 2. The molecule has 156 valence electrons. The summed E-state index contributed by atoms with van der Waals surface area (Å²) in [6.07, 6.45) is 1.09. The van der Waals surface area contributed by atoms with E-state index in [1.54, 1.807) is 36.3 Å². The predicted octanol–water partition coefficient (Wildman–Crippen LogP) is 1.43. The lowest BCUT2D eigenvalue weighted by atomic mass is 10.1. The average Bonchev–Trinajstić information content (AvgIpc) is 3.04. The summed E-state index contributed by atoms with van der Waals surface area (Å²) in [6, 6.07) is 6.19. The molecule has 28 heavy (non-hydrogen) atoms. The molecule has 9 heteroatoms. The van der Waals surface area contributed by atoms with E-state index in [1.807, 2.05) is 13.8 Å². The number of amides is 1. The van der Waals surface area contributed by atoms with Crippen molar-refractivity contribution in [3.05, 3.63) is 24.3 Å². The molecular formula is C19H27NO7S. The first-order valence-corrected chi connectivity index (χ1v) is 11.0. The Morgan fingerprint density at radius 1 is 1.18 bits per heavy atom. The number of nitrogens with zero attached hydrogens (tertiary/aromatic N) is 1. The summed E-state index contributed by atoms with van der Waals surface area (Å²) in [4.78, 5) is 26.0. The van der Waals surface area contributed by atoms with Crippen LogP contribution < -0.4 is 9.47 Å². The highest BCUT2D eigenvalue weighted by atomic mass is 32.2. The van der Waals surface area contributed by atoms with Gasteiger partial charge in [0.15, 0.2) is 23.1 Å². The predicted molar refractivity (Wildman–Crippen MR) is 103 cm³/mol. The van der Waals surface area contributed by atoms with Crippen LogP contribution in [0.25, 0.3) is 0 Å². The molecule has 2 atom stereocenters. The van der Waals surface area contributed by atoms with Crippen LogP contribution >= 0.6 is 0 Å². The van der Waals surface area contributed by atoms with Gasteiger partial charge in [0.2, 0.25) is 0 Å². The van der Waals surface area contributed by atoms with E-state index >= 15 is 0 Å². The molecule has 8 nitrogen and oxygen atoms in total. The molecule has 0 aliphatic carbocycles. The van der Waals surface area contributed by atoms with Gasteiger partial charge in [-0.25, -0.2) is 13.2 Å². The highest BCUT2D eigenvalue weighted by molar-refractivity contribution is 7.91. The van der Waals surface area contributed by atoms with Crippen molar-refractivity contribution in [2.24, 2.45) is 0 Å². The standard InChI is InChI=1S/C19H27NO7S/c1-4-14(2)20(15-9-10-28(23,24)13-15)18(21)11-27-19(22)12-26-17-7-5-16(25-3)6-8-17/h5-8,14-15H,4,9-13H2,1-3H3/t14-,15+/m0/s1. The third-order valence-corrected chi connectivity index (χ3v) is 6.48. The molecule has 0 unspecified atom stereocenters. The maximum Gasteiger partial charge on any atom is 0.344 e. The van der Waals surface area contributed by atoms with Crippen LogP contribution in [0.4, 0.5) is 0 Å². The third-order valence-electron chi connectivity index (χ3n) is 4.73. The van der Waals surface area contributed by atoms with E-state index in [1.165, 1.54) is 0 Å². The van der Waals surface area contributed by atoms with Gasteiger partial charge in [-0.1, -0.05) is 6.92 Å². The van der Waals surface area contributed by atoms with E-state index in [-0.39, 0.29) is 30.2 Å². The SMILES string of the molecule is CC[C@H](C)N(C(=O)COC(=O)COc1ccc(OC)cc1)[C@@H]1CCS(=O)(=O)C1. The van der Waals surface area contributed by atoms with Gasteiger partial charge in [-0.05, 0) is 44.0 Å². The van der Waals surface area contributed by atoms with Crippen LogP contribution in [0.2, 0.25) is 0 Å². The molecule has 0 spiro atoms. The number of esters is 1. The van der Waals surface area contributed by atoms with Gasteiger partial charge in [0, 0.05) is 12.1 Å². The maximum atomic E-state index is 12.6. The number of rotatable bonds is 9. The number of methoxy groups -OCH3 is 1. The normalized spacial score (nSPS) is 18.9. The van der Waals surface area contributed by atoms with Gasteiger partial charge >= 0.3 is 5.97 Å². The zero-order valence-electron chi connectivity index (χ0n) is 16.4. The summed E-state index contributed by atoms with van der Waals surface area (Å²) in [5.41, 5.74) is 0. The molecule has 0 aromatic heterocycles. The zero-order chi connectivity index (χ0) is 20.7. The maximum absolute atomic E-state index is 12.6. The van der Waals surface area contributed by atoms with Gasteiger partial charge in [0.05, 0.1) is 18.6 Å². The van der Waals surface area contributed by atoms with Crippen molar-refractivity contribution in [2.45, 2.75) is 38.8 Å². The third kappa shape index (κ3) is 6.12. The van der Waals surface area contributed by atoms with Crippen LogP contribution in [0.5, 0.6) is 11.5 Å². The smallest absolute Gasteiger partial charge is 0.344 e. The second-order valence-corrected chi connectivity index (χ2v) is 8.97. The lowest BCUT2D eigenvalue weighted by molar-refractivity contribution is -0.155. The van der Waals surface area contributed by atoms with Crippen molar-refractivity contribution in [2.75, 3.05) is 31.8 Å². The van der Waals surface area contributed by atoms with Gasteiger partial charge in [-0.3, -0.25) is 4.79 Å². The molecule has 1 aromatic rings. The number of benzene rings is 1. The number of sulfone groups is 1. The van der Waals surface area contributed by atoms with Crippen molar-refractivity contribution in [1.82, 2.24) is 4.90 Å². The lowest BCUT2D eigenvalue weighted by Gasteiger charge is -2.33.